The van der Waals surface area contributed by atoms with Gasteiger partial charge in [0.2, 0.25) is 0 Å². The van der Waals surface area contributed by atoms with Crippen molar-refractivity contribution in [2.24, 2.45) is 5.92 Å². The fourth-order valence-electron chi connectivity index (χ4n) is 2.37. The lowest BCUT2D eigenvalue weighted by Crippen LogP contribution is -2.21. The SMILES string of the molecule is c1coc(CNCCOCC2CCCCC2)c1. The highest BCUT2D eigenvalue weighted by atomic mass is 16.5. The lowest BCUT2D eigenvalue weighted by atomic mass is 9.90. The molecule has 0 amide bonds. The van der Waals surface area contributed by atoms with Gasteiger partial charge in [-0.2, -0.15) is 0 Å². The molecular formula is C14H23NO2. The quantitative estimate of drug-likeness (QED) is 0.740. The third-order valence-corrected chi connectivity index (χ3v) is 3.38. The van der Waals surface area contributed by atoms with Crippen molar-refractivity contribution in [1.82, 2.24) is 5.32 Å². The van der Waals surface area contributed by atoms with Crippen LogP contribution in [-0.2, 0) is 11.3 Å². The van der Waals surface area contributed by atoms with Gasteiger partial charge in [0, 0.05) is 13.2 Å². The fourth-order valence-corrected chi connectivity index (χ4v) is 2.37. The maximum absolute atomic E-state index is 5.70. The Morgan fingerprint density at radius 1 is 1.29 bits per heavy atom. The Morgan fingerprint density at radius 3 is 2.94 bits per heavy atom. The summed E-state index contributed by atoms with van der Waals surface area (Å²) in [5.74, 6) is 1.80. The Bertz CT molecular complexity index is 278. The predicted octanol–water partition coefficient (Wildman–Crippen LogP) is 2.97. The second-order valence-corrected chi connectivity index (χ2v) is 4.84. The van der Waals surface area contributed by atoms with Gasteiger partial charge in [-0.15, -0.1) is 0 Å². The topological polar surface area (TPSA) is 34.4 Å². The van der Waals surface area contributed by atoms with Crippen LogP contribution in [0.1, 0.15) is 37.9 Å². The van der Waals surface area contributed by atoms with Crippen molar-refractivity contribution >= 4 is 0 Å². The summed E-state index contributed by atoms with van der Waals surface area (Å²) in [7, 11) is 0. The Morgan fingerprint density at radius 2 is 2.18 bits per heavy atom. The molecule has 1 aromatic heterocycles. The van der Waals surface area contributed by atoms with Gasteiger partial charge in [0.25, 0.3) is 0 Å². The molecule has 1 N–H and O–H groups in total. The molecule has 0 radical (unpaired) electrons. The molecule has 1 heterocycles. The van der Waals surface area contributed by atoms with Crippen LogP contribution in [0.25, 0.3) is 0 Å². The lowest BCUT2D eigenvalue weighted by molar-refractivity contribution is 0.0866. The first-order valence-electron chi connectivity index (χ1n) is 6.76. The van der Waals surface area contributed by atoms with Crippen molar-refractivity contribution in [2.75, 3.05) is 19.8 Å². The smallest absolute Gasteiger partial charge is 0.117 e. The van der Waals surface area contributed by atoms with Crippen molar-refractivity contribution < 1.29 is 9.15 Å². The van der Waals surface area contributed by atoms with E-state index in [4.69, 9.17) is 9.15 Å². The van der Waals surface area contributed by atoms with Crippen LogP contribution < -0.4 is 5.32 Å². The first-order valence-corrected chi connectivity index (χ1v) is 6.76. The standard InChI is InChI=1S/C14H23NO2/c1-2-5-13(6-3-1)12-16-10-8-15-11-14-7-4-9-17-14/h4,7,9,13,15H,1-3,5-6,8,10-12H2. The molecule has 0 saturated heterocycles. The number of furan rings is 1. The van der Waals surface area contributed by atoms with Crippen LogP contribution in [0.4, 0.5) is 0 Å². The van der Waals surface area contributed by atoms with Crippen LogP contribution in [0, 0.1) is 5.92 Å². The van der Waals surface area contributed by atoms with Crippen LogP contribution in [0.5, 0.6) is 0 Å². The second-order valence-electron chi connectivity index (χ2n) is 4.84. The molecule has 0 aliphatic heterocycles. The Kier molecular flexibility index (Phi) is 5.59. The molecular weight excluding hydrogens is 214 g/mol. The number of ether oxygens (including phenoxy) is 1. The van der Waals surface area contributed by atoms with E-state index >= 15 is 0 Å². The van der Waals surface area contributed by atoms with Crippen LogP contribution in [0.15, 0.2) is 22.8 Å². The summed E-state index contributed by atoms with van der Waals surface area (Å²) >= 11 is 0. The molecule has 0 bridgehead atoms. The number of hydrogen-bond donors (Lipinski definition) is 1. The minimum Gasteiger partial charge on any atom is -0.468 e. The molecule has 2 rings (SSSR count). The third kappa shape index (κ3) is 4.92. The molecule has 1 saturated carbocycles. The molecule has 0 unspecified atom stereocenters. The summed E-state index contributed by atoms with van der Waals surface area (Å²) < 4.78 is 10.9. The van der Waals surface area contributed by atoms with Crippen molar-refractivity contribution in [3.8, 4) is 0 Å². The summed E-state index contributed by atoms with van der Waals surface area (Å²) in [6.07, 6.45) is 8.63. The Balaban J connectivity index is 1.43. The molecule has 96 valence electrons. The molecule has 0 atom stereocenters. The van der Waals surface area contributed by atoms with E-state index in [0.29, 0.717) is 0 Å². The highest BCUT2D eigenvalue weighted by Crippen LogP contribution is 2.23. The van der Waals surface area contributed by atoms with E-state index in [1.807, 2.05) is 12.1 Å². The van der Waals surface area contributed by atoms with E-state index < -0.39 is 0 Å². The summed E-state index contributed by atoms with van der Waals surface area (Å²) in [6.45, 7) is 3.44. The summed E-state index contributed by atoms with van der Waals surface area (Å²) in [6, 6.07) is 3.90. The van der Waals surface area contributed by atoms with Gasteiger partial charge in [0.05, 0.1) is 19.4 Å². The average Bonchev–Trinajstić information content (AvgIpc) is 2.88. The molecule has 1 aliphatic carbocycles. The minimum absolute atomic E-state index is 0.791. The number of hydrogen-bond acceptors (Lipinski definition) is 3. The monoisotopic (exact) mass is 237 g/mol. The van der Waals surface area contributed by atoms with Crippen molar-refractivity contribution in [1.29, 1.82) is 0 Å². The first-order chi connectivity index (χ1) is 8.45. The van der Waals surface area contributed by atoms with E-state index in [9.17, 15) is 0 Å². The highest BCUT2D eigenvalue weighted by Gasteiger charge is 2.12. The van der Waals surface area contributed by atoms with Crippen LogP contribution in [0.2, 0.25) is 0 Å². The van der Waals surface area contributed by atoms with Crippen LogP contribution >= 0.6 is 0 Å². The molecule has 3 heteroatoms. The molecule has 1 aromatic rings. The summed E-state index contributed by atoms with van der Waals surface area (Å²) in [5.41, 5.74) is 0. The number of rotatable bonds is 7. The predicted molar refractivity (Wildman–Crippen MR) is 67.8 cm³/mol. The molecule has 1 aliphatic rings. The third-order valence-electron chi connectivity index (χ3n) is 3.38. The van der Waals surface area contributed by atoms with E-state index in [-0.39, 0.29) is 0 Å². The van der Waals surface area contributed by atoms with Crippen LogP contribution in [0.3, 0.4) is 0 Å². The first kappa shape index (κ1) is 12.7. The largest absolute Gasteiger partial charge is 0.468 e. The number of nitrogens with one attached hydrogen (secondary N) is 1. The minimum atomic E-state index is 0.791. The lowest BCUT2D eigenvalue weighted by Gasteiger charge is -2.21. The maximum atomic E-state index is 5.70. The molecule has 17 heavy (non-hydrogen) atoms. The second kappa shape index (κ2) is 7.51. The zero-order valence-electron chi connectivity index (χ0n) is 10.5. The Hall–Kier alpha value is -0.800. The van der Waals surface area contributed by atoms with Gasteiger partial charge >= 0.3 is 0 Å². The van der Waals surface area contributed by atoms with E-state index in [2.05, 4.69) is 5.32 Å². The normalized spacial score (nSPS) is 17.4. The van der Waals surface area contributed by atoms with Gasteiger partial charge in [0.15, 0.2) is 0 Å². The summed E-state index contributed by atoms with van der Waals surface area (Å²) in [4.78, 5) is 0. The summed E-state index contributed by atoms with van der Waals surface area (Å²) in [5, 5.41) is 3.31. The molecule has 0 aromatic carbocycles. The van der Waals surface area contributed by atoms with Crippen LogP contribution in [-0.4, -0.2) is 19.8 Å². The zero-order chi connectivity index (χ0) is 11.8. The van der Waals surface area contributed by atoms with Crippen molar-refractivity contribution in [3.63, 3.8) is 0 Å². The highest BCUT2D eigenvalue weighted by molar-refractivity contribution is 4.97. The maximum Gasteiger partial charge on any atom is 0.117 e. The van der Waals surface area contributed by atoms with E-state index in [1.54, 1.807) is 6.26 Å². The molecule has 1 fully saturated rings. The van der Waals surface area contributed by atoms with Gasteiger partial charge in [-0.3, -0.25) is 0 Å². The van der Waals surface area contributed by atoms with Gasteiger partial charge in [-0.25, -0.2) is 0 Å². The van der Waals surface area contributed by atoms with Gasteiger partial charge in [-0.05, 0) is 30.9 Å². The Labute approximate surface area is 104 Å². The van der Waals surface area contributed by atoms with E-state index in [1.165, 1.54) is 32.1 Å². The molecule has 0 spiro atoms. The fraction of sp³-hybridized carbons (Fsp3) is 0.714. The molecule has 3 nitrogen and oxygen atoms in total. The van der Waals surface area contributed by atoms with Gasteiger partial charge in [0.1, 0.15) is 5.76 Å². The van der Waals surface area contributed by atoms with E-state index in [0.717, 1.165) is 38.0 Å². The van der Waals surface area contributed by atoms with Crippen molar-refractivity contribution in [2.45, 2.75) is 38.6 Å². The van der Waals surface area contributed by atoms with Crippen molar-refractivity contribution in [3.05, 3.63) is 24.2 Å². The zero-order valence-corrected chi connectivity index (χ0v) is 10.5. The van der Waals surface area contributed by atoms with Gasteiger partial charge in [-0.1, -0.05) is 19.3 Å². The average molecular weight is 237 g/mol. The van der Waals surface area contributed by atoms with Gasteiger partial charge < -0.3 is 14.5 Å².